The maximum absolute atomic E-state index is 11.5. The predicted octanol–water partition coefficient (Wildman–Crippen LogP) is 1.17. The van der Waals surface area contributed by atoms with Gasteiger partial charge in [-0.15, -0.1) is 0 Å². The Labute approximate surface area is 92.5 Å². The zero-order valence-electron chi connectivity index (χ0n) is 8.98. The van der Waals surface area contributed by atoms with Crippen LogP contribution in [0.3, 0.4) is 0 Å². The smallest absolute Gasteiger partial charge is 0.332 e. The monoisotopic (exact) mass is 234 g/mol. The van der Waals surface area contributed by atoms with Gasteiger partial charge in [-0.1, -0.05) is 13.3 Å². The Balaban J connectivity index is 2.23. The van der Waals surface area contributed by atoms with Gasteiger partial charge in [-0.2, -0.15) is 0 Å². The summed E-state index contributed by atoms with van der Waals surface area (Å²) in [5, 5.41) is 8.71. The summed E-state index contributed by atoms with van der Waals surface area (Å²) in [5.74, 6) is 0.287. The minimum atomic E-state index is -0.906. The van der Waals surface area contributed by atoms with Crippen molar-refractivity contribution in [3.8, 4) is 0 Å². The molecule has 1 fully saturated rings. The maximum Gasteiger partial charge on any atom is 0.332 e. The number of ether oxygens (including phenoxy) is 1. The fourth-order valence-electron chi connectivity index (χ4n) is 1.61. The summed E-state index contributed by atoms with van der Waals surface area (Å²) in [6.07, 6.45) is 2.46. The minimum Gasteiger partial charge on any atom is -0.479 e. The van der Waals surface area contributed by atoms with E-state index in [9.17, 15) is 9.00 Å². The highest BCUT2D eigenvalue weighted by atomic mass is 32.2. The van der Waals surface area contributed by atoms with Crippen molar-refractivity contribution in [1.29, 1.82) is 0 Å². The molecule has 0 aromatic rings. The van der Waals surface area contributed by atoms with E-state index in [4.69, 9.17) is 9.84 Å². The molecule has 0 aromatic carbocycles. The number of carboxylic acids is 1. The summed E-state index contributed by atoms with van der Waals surface area (Å²) in [4.78, 5) is 10.6. The van der Waals surface area contributed by atoms with Gasteiger partial charge in [-0.25, -0.2) is 4.79 Å². The Morgan fingerprint density at radius 2 is 2.27 bits per heavy atom. The zero-order chi connectivity index (χ0) is 11.3. The van der Waals surface area contributed by atoms with E-state index in [1.807, 2.05) is 0 Å². The van der Waals surface area contributed by atoms with Gasteiger partial charge in [-0.05, 0) is 19.3 Å². The van der Waals surface area contributed by atoms with Gasteiger partial charge in [0.25, 0.3) is 0 Å². The summed E-state index contributed by atoms with van der Waals surface area (Å²) >= 11 is 0. The largest absolute Gasteiger partial charge is 0.479 e. The number of rotatable bonds is 6. The first-order valence-corrected chi connectivity index (χ1v) is 6.85. The lowest BCUT2D eigenvalue weighted by Gasteiger charge is -2.10. The third-order valence-corrected chi connectivity index (χ3v) is 3.97. The SMILES string of the molecule is CCCCS(=O)CC1CCC(C(=O)O)O1. The van der Waals surface area contributed by atoms with Gasteiger partial charge in [0.1, 0.15) is 0 Å². The molecule has 0 spiro atoms. The van der Waals surface area contributed by atoms with Crippen LogP contribution in [0.25, 0.3) is 0 Å². The molecule has 5 heteroatoms. The highest BCUT2D eigenvalue weighted by Gasteiger charge is 2.31. The zero-order valence-corrected chi connectivity index (χ0v) is 9.79. The topological polar surface area (TPSA) is 63.6 Å². The van der Waals surface area contributed by atoms with Gasteiger partial charge in [-0.3, -0.25) is 4.21 Å². The highest BCUT2D eigenvalue weighted by molar-refractivity contribution is 7.85. The lowest BCUT2D eigenvalue weighted by atomic mass is 10.2. The second-order valence-corrected chi connectivity index (χ2v) is 5.45. The number of hydrogen-bond donors (Lipinski definition) is 1. The molecule has 15 heavy (non-hydrogen) atoms. The van der Waals surface area contributed by atoms with E-state index in [1.54, 1.807) is 0 Å². The Morgan fingerprint density at radius 3 is 2.80 bits per heavy atom. The molecule has 3 unspecified atom stereocenters. The van der Waals surface area contributed by atoms with Gasteiger partial charge in [0.05, 0.1) is 6.10 Å². The van der Waals surface area contributed by atoms with Crippen molar-refractivity contribution in [3.05, 3.63) is 0 Å². The highest BCUT2D eigenvalue weighted by Crippen LogP contribution is 2.20. The van der Waals surface area contributed by atoms with Crippen molar-refractivity contribution in [3.63, 3.8) is 0 Å². The second-order valence-electron chi connectivity index (χ2n) is 3.83. The molecule has 3 atom stereocenters. The second kappa shape index (κ2) is 6.23. The summed E-state index contributed by atoms with van der Waals surface area (Å²) in [6, 6.07) is 0. The molecule has 88 valence electrons. The van der Waals surface area contributed by atoms with E-state index >= 15 is 0 Å². The van der Waals surface area contributed by atoms with E-state index in [1.165, 1.54) is 0 Å². The molecule has 0 aromatic heterocycles. The fraction of sp³-hybridized carbons (Fsp3) is 0.900. The number of aliphatic carboxylic acids is 1. The van der Waals surface area contributed by atoms with Crippen LogP contribution in [0, 0.1) is 0 Å². The first-order valence-electron chi connectivity index (χ1n) is 5.36. The minimum absolute atomic E-state index is 0.121. The van der Waals surface area contributed by atoms with E-state index in [0.717, 1.165) is 19.3 Å². The van der Waals surface area contributed by atoms with Gasteiger partial charge >= 0.3 is 5.97 Å². The molecule has 0 aliphatic carbocycles. The third-order valence-electron chi connectivity index (χ3n) is 2.48. The molecule has 0 radical (unpaired) electrons. The molecular formula is C10H18O4S. The molecule has 0 amide bonds. The van der Waals surface area contributed by atoms with Crippen LogP contribution in [0.1, 0.15) is 32.6 Å². The standard InChI is InChI=1S/C10H18O4S/c1-2-3-6-15(13)7-8-4-5-9(14-8)10(11)12/h8-9H,2-7H2,1H3,(H,11,12). The van der Waals surface area contributed by atoms with E-state index < -0.39 is 22.9 Å². The van der Waals surface area contributed by atoms with E-state index in [2.05, 4.69) is 6.92 Å². The van der Waals surface area contributed by atoms with Crippen LogP contribution in [0.4, 0.5) is 0 Å². The summed E-state index contributed by atoms with van der Waals surface area (Å²) in [5.41, 5.74) is 0. The molecule has 1 saturated heterocycles. The lowest BCUT2D eigenvalue weighted by Crippen LogP contribution is -2.23. The molecule has 1 rings (SSSR count). The number of unbranched alkanes of at least 4 members (excludes halogenated alkanes) is 1. The summed E-state index contributed by atoms with van der Waals surface area (Å²) < 4.78 is 16.8. The molecular weight excluding hydrogens is 216 g/mol. The fourth-order valence-corrected chi connectivity index (χ4v) is 3.04. The van der Waals surface area contributed by atoms with Gasteiger partial charge < -0.3 is 9.84 Å². The van der Waals surface area contributed by atoms with Crippen LogP contribution in [-0.4, -0.2) is 39.0 Å². The molecule has 1 aliphatic rings. The first kappa shape index (κ1) is 12.6. The van der Waals surface area contributed by atoms with Crippen molar-refractivity contribution in [2.24, 2.45) is 0 Å². The van der Waals surface area contributed by atoms with Gasteiger partial charge in [0.2, 0.25) is 0 Å². The van der Waals surface area contributed by atoms with Crippen LogP contribution >= 0.6 is 0 Å². The van der Waals surface area contributed by atoms with Crippen LogP contribution in [0.15, 0.2) is 0 Å². The van der Waals surface area contributed by atoms with Crippen molar-refractivity contribution >= 4 is 16.8 Å². The van der Waals surface area contributed by atoms with Gasteiger partial charge in [0, 0.05) is 22.3 Å². The molecule has 0 saturated carbocycles. The number of carbonyl (C=O) groups is 1. The normalized spacial score (nSPS) is 27.8. The lowest BCUT2D eigenvalue weighted by molar-refractivity contribution is -0.148. The third kappa shape index (κ3) is 4.30. The number of carboxylic acid groups (broad SMARTS) is 1. The predicted molar refractivity (Wildman–Crippen MR) is 58.3 cm³/mol. The molecule has 1 aliphatic heterocycles. The molecule has 1 N–H and O–H groups in total. The quantitative estimate of drug-likeness (QED) is 0.749. The van der Waals surface area contributed by atoms with E-state index in [-0.39, 0.29) is 6.10 Å². The average molecular weight is 234 g/mol. The van der Waals surface area contributed by atoms with Crippen LogP contribution in [0.5, 0.6) is 0 Å². The van der Waals surface area contributed by atoms with Crippen molar-refractivity contribution in [1.82, 2.24) is 0 Å². The Morgan fingerprint density at radius 1 is 1.53 bits per heavy atom. The Kier molecular flexibility index (Phi) is 5.25. The van der Waals surface area contributed by atoms with Crippen LogP contribution in [0.2, 0.25) is 0 Å². The maximum atomic E-state index is 11.5. The average Bonchev–Trinajstić information content (AvgIpc) is 2.63. The number of hydrogen-bond acceptors (Lipinski definition) is 3. The van der Waals surface area contributed by atoms with Crippen LogP contribution in [-0.2, 0) is 20.3 Å². The van der Waals surface area contributed by atoms with Gasteiger partial charge in [0.15, 0.2) is 6.10 Å². The molecule has 0 bridgehead atoms. The van der Waals surface area contributed by atoms with Crippen molar-refractivity contribution in [2.45, 2.75) is 44.8 Å². The van der Waals surface area contributed by atoms with Crippen LogP contribution < -0.4 is 0 Å². The molecule has 4 nitrogen and oxygen atoms in total. The summed E-state index contributed by atoms with van der Waals surface area (Å²) in [6.45, 7) is 2.06. The summed E-state index contributed by atoms with van der Waals surface area (Å²) in [7, 11) is -0.856. The Hall–Kier alpha value is -0.420. The first-order chi connectivity index (χ1) is 7.13. The van der Waals surface area contributed by atoms with Crippen molar-refractivity contribution < 1.29 is 18.8 Å². The van der Waals surface area contributed by atoms with Crippen molar-refractivity contribution in [2.75, 3.05) is 11.5 Å². The Bertz CT molecular complexity index is 242. The molecule has 1 heterocycles. The van der Waals surface area contributed by atoms with E-state index in [0.29, 0.717) is 17.9 Å².